The van der Waals surface area contributed by atoms with Gasteiger partial charge in [0.05, 0.1) is 23.7 Å². The summed E-state index contributed by atoms with van der Waals surface area (Å²) < 4.78 is 20.9. The number of benzene rings is 2. The minimum absolute atomic E-state index is 0.0117. The number of aromatic nitrogens is 1. The molecular formula is C23H24ClFN2O5. The van der Waals surface area contributed by atoms with Crippen molar-refractivity contribution >= 4 is 17.6 Å². The Morgan fingerprint density at radius 1 is 1.22 bits per heavy atom. The summed E-state index contributed by atoms with van der Waals surface area (Å²) in [7, 11) is 0. The fraction of sp³-hybridized carbons (Fsp3) is 0.348. The number of aliphatic hydroxyl groups is 1. The number of ether oxygens (including phenoxy) is 1. The largest absolute Gasteiger partial charge is 0.466 e. The molecule has 7 nitrogen and oxygen atoms in total. The third-order valence-corrected chi connectivity index (χ3v) is 5.79. The molecule has 0 spiro atoms. The van der Waals surface area contributed by atoms with Crippen LogP contribution in [-0.4, -0.2) is 35.0 Å². The van der Waals surface area contributed by atoms with E-state index in [1.165, 1.54) is 6.92 Å². The molecule has 1 aromatic heterocycles. The first kappa shape index (κ1) is 23.7. The molecule has 0 amide bonds. The van der Waals surface area contributed by atoms with Crippen molar-refractivity contribution in [3.63, 3.8) is 0 Å². The van der Waals surface area contributed by atoms with Crippen molar-refractivity contribution in [3.8, 4) is 11.1 Å². The quantitative estimate of drug-likeness (QED) is 0.355. The molecule has 0 saturated carbocycles. The van der Waals surface area contributed by atoms with Crippen molar-refractivity contribution in [2.45, 2.75) is 32.7 Å². The lowest BCUT2D eigenvalue weighted by Crippen LogP contribution is -2.42. The molecule has 0 fully saturated rings. The second kappa shape index (κ2) is 9.67. The number of hydrogen-bond acceptors (Lipinski definition) is 6. The molecule has 0 aliphatic heterocycles. The molecule has 170 valence electrons. The van der Waals surface area contributed by atoms with E-state index in [0.717, 1.165) is 4.68 Å². The summed E-state index contributed by atoms with van der Waals surface area (Å²) >= 11 is 6.33. The van der Waals surface area contributed by atoms with E-state index in [4.69, 9.17) is 16.3 Å². The van der Waals surface area contributed by atoms with Crippen LogP contribution >= 0.6 is 11.6 Å². The van der Waals surface area contributed by atoms with Crippen molar-refractivity contribution in [1.29, 1.82) is 0 Å². The first-order valence-electron chi connectivity index (χ1n) is 10.2. The minimum atomic E-state index is -1.30. The number of hydrogen-bond donors (Lipinski definition) is 2. The molecule has 3 rings (SSSR count). The van der Waals surface area contributed by atoms with Gasteiger partial charge in [0, 0.05) is 11.6 Å². The van der Waals surface area contributed by atoms with Crippen molar-refractivity contribution in [1.82, 2.24) is 4.68 Å². The van der Waals surface area contributed by atoms with Gasteiger partial charge in [-0.05, 0) is 37.8 Å². The smallest absolute Gasteiger partial charge is 0.340 e. The zero-order valence-corrected chi connectivity index (χ0v) is 18.5. The van der Waals surface area contributed by atoms with Crippen molar-refractivity contribution in [2.75, 3.05) is 18.6 Å². The van der Waals surface area contributed by atoms with Crippen LogP contribution in [0.15, 0.2) is 52.1 Å². The van der Waals surface area contributed by atoms with E-state index in [1.54, 1.807) is 43.3 Å². The Morgan fingerprint density at radius 3 is 2.44 bits per heavy atom. The number of carbonyl (C=O) groups excluding carboxylic acids is 1. The number of nitrogens with zero attached hydrogens (tertiary/aromatic N) is 1. The molecule has 0 bridgehead atoms. The second-order valence-corrected chi connectivity index (χ2v) is 8.26. The molecule has 2 atom stereocenters. The van der Waals surface area contributed by atoms with E-state index in [2.05, 4.69) is 5.43 Å². The highest BCUT2D eigenvalue weighted by Gasteiger charge is 2.38. The number of nitrogens with one attached hydrogen (secondary N) is 1. The summed E-state index contributed by atoms with van der Waals surface area (Å²) in [6.07, 6.45) is 0.106. The van der Waals surface area contributed by atoms with Gasteiger partial charge in [-0.3, -0.25) is 14.4 Å². The highest BCUT2D eigenvalue weighted by Crippen LogP contribution is 2.33. The molecule has 0 saturated heterocycles. The van der Waals surface area contributed by atoms with Crippen LogP contribution in [0.1, 0.15) is 25.8 Å². The monoisotopic (exact) mass is 462 g/mol. The summed E-state index contributed by atoms with van der Waals surface area (Å²) in [6, 6.07) is 11.5. The van der Waals surface area contributed by atoms with Crippen molar-refractivity contribution in [2.24, 2.45) is 5.41 Å². The highest BCUT2D eigenvalue weighted by molar-refractivity contribution is 6.31. The molecule has 0 aliphatic carbocycles. The maximum atomic E-state index is 15.0. The number of aliphatic hydroxyl groups excluding tert-OH is 1. The maximum Gasteiger partial charge on any atom is 0.340 e. The number of rotatable bonds is 10. The van der Waals surface area contributed by atoms with E-state index >= 15 is 4.39 Å². The molecule has 2 N–H and O–H groups in total. The van der Waals surface area contributed by atoms with Crippen LogP contribution < -0.4 is 16.5 Å². The SMILES string of the molecule is CCOC(=O)[C@](C)(CO)C[C@H](Cc1ccc(-c2ccccc2)c(F)c1Cl)Nn1c(=O)c1=O. The molecular weight excluding hydrogens is 439 g/mol. The van der Waals surface area contributed by atoms with Gasteiger partial charge in [-0.25, -0.2) is 4.39 Å². The van der Waals surface area contributed by atoms with Gasteiger partial charge in [0.2, 0.25) is 0 Å². The number of esters is 1. The maximum absolute atomic E-state index is 15.0. The van der Waals surface area contributed by atoms with E-state index < -0.39 is 41.0 Å². The van der Waals surface area contributed by atoms with E-state index in [0.29, 0.717) is 16.7 Å². The summed E-state index contributed by atoms with van der Waals surface area (Å²) in [5.74, 6) is -1.21. The Balaban J connectivity index is 1.90. The molecule has 3 aromatic rings. The van der Waals surface area contributed by atoms with E-state index in [-0.39, 0.29) is 24.5 Å². The highest BCUT2D eigenvalue weighted by atomic mass is 35.5. The predicted octanol–water partition coefficient (Wildman–Crippen LogP) is 2.65. The topological polar surface area (TPSA) is 97.6 Å². The summed E-state index contributed by atoms with van der Waals surface area (Å²) in [4.78, 5) is 35.4. The number of carbonyl (C=O) groups is 1. The molecule has 0 unspecified atom stereocenters. The molecule has 1 heterocycles. The van der Waals surface area contributed by atoms with Crippen molar-refractivity contribution in [3.05, 3.63) is 79.6 Å². The fourth-order valence-electron chi connectivity index (χ4n) is 3.51. The van der Waals surface area contributed by atoms with Gasteiger partial charge in [0.15, 0.2) is 0 Å². The predicted molar refractivity (Wildman–Crippen MR) is 119 cm³/mol. The summed E-state index contributed by atoms with van der Waals surface area (Å²) in [6.45, 7) is 2.79. The van der Waals surface area contributed by atoms with Gasteiger partial charge in [0.1, 0.15) is 5.82 Å². The van der Waals surface area contributed by atoms with Crippen LogP contribution in [0, 0.1) is 11.2 Å². The molecule has 32 heavy (non-hydrogen) atoms. The minimum Gasteiger partial charge on any atom is -0.466 e. The van der Waals surface area contributed by atoms with Crippen LogP contribution in [-0.2, 0) is 16.0 Å². The Labute approximate surface area is 189 Å². The first-order valence-corrected chi connectivity index (χ1v) is 10.5. The Hall–Kier alpha value is -2.97. The van der Waals surface area contributed by atoms with Crippen LogP contribution in [0.4, 0.5) is 4.39 Å². The zero-order chi connectivity index (χ0) is 23.5. The first-order chi connectivity index (χ1) is 15.2. The lowest BCUT2D eigenvalue weighted by molar-refractivity contribution is -0.157. The van der Waals surface area contributed by atoms with Crippen molar-refractivity contribution < 1.29 is 19.0 Å². The van der Waals surface area contributed by atoms with Crippen LogP contribution in [0.2, 0.25) is 5.02 Å². The molecule has 2 aromatic carbocycles. The zero-order valence-electron chi connectivity index (χ0n) is 17.7. The normalized spacial score (nSPS) is 14.2. The Bertz CT molecular complexity index is 1150. The van der Waals surface area contributed by atoms with Crippen LogP contribution in [0.25, 0.3) is 11.1 Å². The lowest BCUT2D eigenvalue weighted by Gasteiger charge is -2.30. The summed E-state index contributed by atoms with van der Waals surface area (Å²) in [5, 5.41) is 9.76. The van der Waals surface area contributed by atoms with E-state index in [9.17, 15) is 19.5 Å². The van der Waals surface area contributed by atoms with E-state index in [1.807, 2.05) is 6.07 Å². The molecule has 9 heteroatoms. The average molecular weight is 463 g/mol. The third-order valence-electron chi connectivity index (χ3n) is 5.38. The third kappa shape index (κ3) is 4.92. The average Bonchev–Trinajstić information content (AvgIpc) is 3.35. The Morgan fingerprint density at radius 2 is 1.88 bits per heavy atom. The summed E-state index contributed by atoms with van der Waals surface area (Å²) in [5.41, 5.74) is 1.46. The van der Waals surface area contributed by atoms with Gasteiger partial charge in [-0.1, -0.05) is 54.1 Å². The molecule has 0 radical (unpaired) electrons. The fourth-order valence-corrected chi connectivity index (χ4v) is 3.75. The van der Waals surface area contributed by atoms with Gasteiger partial charge >= 0.3 is 17.1 Å². The Kier molecular flexibility index (Phi) is 7.16. The van der Waals surface area contributed by atoms with Gasteiger partial charge in [-0.2, -0.15) is 4.68 Å². The second-order valence-electron chi connectivity index (χ2n) is 7.89. The van der Waals surface area contributed by atoms with Gasteiger partial charge < -0.3 is 15.3 Å². The lowest BCUT2D eigenvalue weighted by atomic mass is 9.82. The van der Waals surface area contributed by atoms with Crippen LogP contribution in [0.3, 0.4) is 0 Å². The van der Waals surface area contributed by atoms with Gasteiger partial charge in [0.25, 0.3) is 0 Å². The standard InChI is InChI=1S/C23H24ClFN2O5/c1-3-32-22(31)23(2,13-28)12-16(26-27-20(29)21(27)30)11-15-9-10-17(19(25)18(15)24)14-7-5-4-6-8-14/h4-10,16,26,28H,3,11-13H2,1-2H3/t16-,23-/m0/s1. The van der Waals surface area contributed by atoms with Gasteiger partial charge in [-0.15, -0.1) is 0 Å². The molecule has 0 aliphatic rings. The number of halogens is 2. The van der Waals surface area contributed by atoms with Crippen LogP contribution in [0.5, 0.6) is 0 Å².